The SMILES string of the molecule is O.O.[O-][n+]1c(-c2ccccc2)c(-c2ccccc2)n2cc(Br)ccc21. The summed E-state index contributed by atoms with van der Waals surface area (Å²) in [6.45, 7) is 0. The van der Waals surface area contributed by atoms with Crippen molar-refractivity contribution in [1.82, 2.24) is 4.40 Å². The van der Waals surface area contributed by atoms with Gasteiger partial charge in [0, 0.05) is 17.2 Å². The largest absolute Gasteiger partial charge is 0.710 e. The summed E-state index contributed by atoms with van der Waals surface area (Å²) in [5.74, 6) is 0. The molecule has 0 atom stereocenters. The number of benzene rings is 2. The van der Waals surface area contributed by atoms with Crippen LogP contribution in [0, 0.1) is 5.21 Å². The molecule has 0 spiro atoms. The van der Waals surface area contributed by atoms with Crippen molar-refractivity contribution in [3.8, 4) is 22.5 Å². The molecule has 6 heteroatoms. The lowest BCUT2D eigenvalue weighted by atomic mass is 10.0. The van der Waals surface area contributed by atoms with Crippen LogP contribution < -0.4 is 4.73 Å². The zero-order chi connectivity index (χ0) is 15.8. The molecule has 0 aliphatic rings. The van der Waals surface area contributed by atoms with Gasteiger partial charge < -0.3 is 16.2 Å². The summed E-state index contributed by atoms with van der Waals surface area (Å²) in [6, 6.07) is 23.5. The first-order valence-corrected chi connectivity index (χ1v) is 8.09. The summed E-state index contributed by atoms with van der Waals surface area (Å²) in [5, 5.41) is 12.9. The highest BCUT2D eigenvalue weighted by Gasteiger charge is 2.24. The standard InChI is InChI=1S/C19H13BrN2O.2H2O/c20-16-11-12-17-21(13-16)18(14-7-3-1-4-8-14)19(22(17)23)15-9-5-2-6-10-15;;/h1-13H;2*1H2. The third-order valence-corrected chi connectivity index (χ3v) is 4.33. The van der Waals surface area contributed by atoms with Crippen molar-refractivity contribution in [3.05, 3.63) is 88.7 Å². The molecule has 4 N–H and O–H groups in total. The zero-order valence-electron chi connectivity index (χ0n) is 13.2. The summed E-state index contributed by atoms with van der Waals surface area (Å²) in [5.41, 5.74) is 4.07. The Labute approximate surface area is 153 Å². The minimum Gasteiger partial charge on any atom is -0.710 e. The van der Waals surface area contributed by atoms with Crippen LogP contribution in [0.15, 0.2) is 83.5 Å². The molecule has 0 saturated carbocycles. The van der Waals surface area contributed by atoms with Gasteiger partial charge in [-0.3, -0.25) is 0 Å². The van der Waals surface area contributed by atoms with Crippen molar-refractivity contribution in [2.24, 2.45) is 0 Å². The van der Waals surface area contributed by atoms with Crippen molar-refractivity contribution in [3.63, 3.8) is 0 Å². The molecular weight excluding hydrogens is 384 g/mol. The molecule has 25 heavy (non-hydrogen) atoms. The van der Waals surface area contributed by atoms with Crippen LogP contribution >= 0.6 is 15.9 Å². The highest BCUT2D eigenvalue weighted by molar-refractivity contribution is 9.10. The van der Waals surface area contributed by atoms with Crippen LogP contribution in [0.2, 0.25) is 0 Å². The van der Waals surface area contributed by atoms with Crippen LogP contribution in [0.25, 0.3) is 28.2 Å². The Balaban J connectivity index is 0.00000113. The minimum atomic E-state index is 0. The number of hydrogen-bond acceptors (Lipinski definition) is 1. The summed E-state index contributed by atoms with van der Waals surface area (Å²) in [6.07, 6.45) is 1.93. The summed E-state index contributed by atoms with van der Waals surface area (Å²) < 4.78 is 3.87. The Bertz CT molecular complexity index is 986. The van der Waals surface area contributed by atoms with E-state index in [0.717, 1.165) is 26.0 Å². The van der Waals surface area contributed by atoms with Gasteiger partial charge >= 0.3 is 0 Å². The van der Waals surface area contributed by atoms with Crippen LogP contribution in [0.4, 0.5) is 0 Å². The highest BCUT2D eigenvalue weighted by atomic mass is 79.9. The fourth-order valence-corrected chi connectivity index (χ4v) is 3.20. The van der Waals surface area contributed by atoms with Crippen molar-refractivity contribution in [1.29, 1.82) is 0 Å². The quantitative estimate of drug-likeness (QED) is 0.375. The van der Waals surface area contributed by atoms with E-state index < -0.39 is 0 Å². The van der Waals surface area contributed by atoms with E-state index in [1.807, 2.05) is 83.4 Å². The lowest BCUT2D eigenvalue weighted by molar-refractivity contribution is -0.564. The maximum absolute atomic E-state index is 12.9. The molecule has 2 aromatic heterocycles. The summed E-state index contributed by atoms with van der Waals surface area (Å²) in [4.78, 5) is 0. The lowest BCUT2D eigenvalue weighted by Gasteiger charge is -2.05. The zero-order valence-corrected chi connectivity index (χ0v) is 14.8. The maximum Gasteiger partial charge on any atom is 0.290 e. The Morgan fingerprint density at radius 1 is 0.760 bits per heavy atom. The third-order valence-electron chi connectivity index (χ3n) is 3.86. The predicted octanol–water partition coefficient (Wildman–Crippen LogP) is 3.02. The number of rotatable bonds is 2. The summed E-state index contributed by atoms with van der Waals surface area (Å²) >= 11 is 3.50. The van der Waals surface area contributed by atoms with Crippen LogP contribution in [0.3, 0.4) is 0 Å². The van der Waals surface area contributed by atoms with Gasteiger partial charge in [-0.25, -0.2) is 4.73 Å². The second kappa shape index (κ2) is 7.48. The van der Waals surface area contributed by atoms with E-state index in [9.17, 15) is 5.21 Å². The monoisotopic (exact) mass is 400 g/mol. The molecule has 0 radical (unpaired) electrons. The molecule has 4 aromatic rings. The maximum atomic E-state index is 12.9. The molecule has 0 bridgehead atoms. The molecule has 4 rings (SSSR count). The topological polar surface area (TPSA) is 94.3 Å². The molecule has 0 saturated heterocycles. The molecule has 128 valence electrons. The Hall–Kier alpha value is -2.67. The second-order valence-electron chi connectivity index (χ2n) is 5.30. The smallest absolute Gasteiger partial charge is 0.290 e. The Morgan fingerprint density at radius 3 is 1.92 bits per heavy atom. The van der Waals surface area contributed by atoms with E-state index in [1.54, 1.807) is 0 Å². The van der Waals surface area contributed by atoms with Gasteiger partial charge in [0.2, 0.25) is 0 Å². The molecule has 2 heterocycles. The average Bonchev–Trinajstić information content (AvgIpc) is 2.88. The van der Waals surface area contributed by atoms with Crippen LogP contribution in [0.1, 0.15) is 0 Å². The normalized spacial score (nSPS) is 10.1. The molecule has 0 amide bonds. The van der Waals surface area contributed by atoms with E-state index in [2.05, 4.69) is 15.9 Å². The third kappa shape index (κ3) is 3.15. The van der Waals surface area contributed by atoms with Gasteiger partial charge in [-0.2, -0.15) is 4.40 Å². The minimum absolute atomic E-state index is 0. The fourth-order valence-electron chi connectivity index (χ4n) is 2.86. The Kier molecular flexibility index (Phi) is 5.58. The number of nitrogens with zero attached hydrogens (tertiary/aromatic N) is 2. The van der Waals surface area contributed by atoms with Crippen LogP contribution in [-0.4, -0.2) is 15.4 Å². The number of fused-ring (bicyclic) bond motifs is 1. The van der Waals surface area contributed by atoms with Crippen molar-refractivity contribution < 1.29 is 15.7 Å². The van der Waals surface area contributed by atoms with E-state index in [1.165, 1.54) is 0 Å². The molecular formula is C19H17BrN2O3. The number of pyridine rings is 1. The molecule has 5 nitrogen and oxygen atoms in total. The predicted molar refractivity (Wildman–Crippen MR) is 102 cm³/mol. The first-order valence-electron chi connectivity index (χ1n) is 7.29. The van der Waals surface area contributed by atoms with E-state index in [4.69, 9.17) is 0 Å². The Morgan fingerprint density at radius 2 is 1.32 bits per heavy atom. The van der Waals surface area contributed by atoms with E-state index >= 15 is 0 Å². The van der Waals surface area contributed by atoms with Crippen LogP contribution in [0.5, 0.6) is 0 Å². The molecule has 2 aromatic carbocycles. The van der Waals surface area contributed by atoms with Gasteiger partial charge in [-0.1, -0.05) is 60.7 Å². The second-order valence-corrected chi connectivity index (χ2v) is 6.21. The lowest BCUT2D eigenvalue weighted by Crippen LogP contribution is -2.27. The van der Waals surface area contributed by atoms with Crippen molar-refractivity contribution >= 4 is 21.6 Å². The molecule has 0 aliphatic heterocycles. The number of aromatic nitrogens is 2. The van der Waals surface area contributed by atoms with E-state index in [-0.39, 0.29) is 11.0 Å². The number of halogens is 1. The van der Waals surface area contributed by atoms with E-state index in [0.29, 0.717) is 11.3 Å². The molecule has 0 aliphatic carbocycles. The van der Waals surface area contributed by atoms with Crippen molar-refractivity contribution in [2.75, 3.05) is 0 Å². The van der Waals surface area contributed by atoms with Gasteiger partial charge in [0.15, 0.2) is 11.4 Å². The average molecular weight is 401 g/mol. The van der Waals surface area contributed by atoms with Gasteiger partial charge in [0.1, 0.15) is 6.20 Å². The fraction of sp³-hybridized carbons (Fsp3) is 0. The number of hydrogen-bond donors (Lipinski definition) is 0. The van der Waals surface area contributed by atoms with Crippen molar-refractivity contribution in [2.45, 2.75) is 0 Å². The van der Waals surface area contributed by atoms with Gasteiger partial charge in [-0.05, 0) is 22.0 Å². The van der Waals surface area contributed by atoms with Gasteiger partial charge in [0.05, 0.1) is 4.47 Å². The van der Waals surface area contributed by atoms with Gasteiger partial charge in [0.25, 0.3) is 5.65 Å². The van der Waals surface area contributed by atoms with Crippen LogP contribution in [-0.2, 0) is 0 Å². The number of imidazole rings is 1. The van der Waals surface area contributed by atoms with Gasteiger partial charge in [-0.15, -0.1) is 0 Å². The highest BCUT2D eigenvalue weighted by Crippen LogP contribution is 2.31. The molecule has 0 fully saturated rings. The summed E-state index contributed by atoms with van der Waals surface area (Å²) in [7, 11) is 0. The first kappa shape index (κ1) is 18.7. The first-order chi connectivity index (χ1) is 11.3. The molecule has 0 unspecified atom stereocenters.